The lowest BCUT2D eigenvalue weighted by Gasteiger charge is -2.34. The fourth-order valence-electron chi connectivity index (χ4n) is 2.26. The number of likely N-dealkylation sites (tertiary alicyclic amines) is 1. The number of hydrogen-bond donors (Lipinski definition) is 0. The van der Waals surface area contributed by atoms with Crippen LogP contribution in [0.3, 0.4) is 0 Å². The SMILES string of the molecule is CC(C)(C)OC(=O)N1CCC[C@@H](OCc2ccncc2)C1. The lowest BCUT2D eigenvalue weighted by Crippen LogP contribution is -2.45. The maximum absolute atomic E-state index is 12.1. The highest BCUT2D eigenvalue weighted by Gasteiger charge is 2.27. The number of nitrogens with zero attached hydrogens (tertiary/aromatic N) is 2. The molecule has 116 valence electrons. The molecule has 1 fully saturated rings. The monoisotopic (exact) mass is 292 g/mol. The van der Waals surface area contributed by atoms with Gasteiger partial charge in [-0.15, -0.1) is 0 Å². The van der Waals surface area contributed by atoms with E-state index >= 15 is 0 Å². The summed E-state index contributed by atoms with van der Waals surface area (Å²) < 4.78 is 11.3. The lowest BCUT2D eigenvalue weighted by atomic mass is 10.1. The van der Waals surface area contributed by atoms with Gasteiger partial charge in [-0.2, -0.15) is 0 Å². The van der Waals surface area contributed by atoms with Crippen LogP contribution >= 0.6 is 0 Å². The predicted octanol–water partition coefficient (Wildman–Crippen LogP) is 3.00. The van der Waals surface area contributed by atoms with E-state index in [0.29, 0.717) is 13.2 Å². The summed E-state index contributed by atoms with van der Waals surface area (Å²) in [6.07, 6.45) is 5.25. The second kappa shape index (κ2) is 6.89. The number of hydrogen-bond acceptors (Lipinski definition) is 4. The summed E-state index contributed by atoms with van der Waals surface area (Å²) in [5, 5.41) is 0. The van der Waals surface area contributed by atoms with E-state index < -0.39 is 5.60 Å². The Morgan fingerprint density at radius 3 is 2.76 bits per heavy atom. The average Bonchev–Trinajstić information content (AvgIpc) is 2.45. The van der Waals surface area contributed by atoms with Crippen LogP contribution in [0.15, 0.2) is 24.5 Å². The summed E-state index contributed by atoms with van der Waals surface area (Å²) in [6, 6.07) is 3.88. The molecule has 1 aromatic rings. The van der Waals surface area contributed by atoms with E-state index in [1.165, 1.54) is 0 Å². The molecular weight excluding hydrogens is 268 g/mol. The third kappa shape index (κ3) is 5.34. The topological polar surface area (TPSA) is 51.7 Å². The standard InChI is InChI=1S/C16H24N2O3/c1-16(2,3)21-15(19)18-10-4-5-14(11-18)20-12-13-6-8-17-9-7-13/h6-9,14H,4-5,10-12H2,1-3H3/t14-/m1/s1. The molecule has 1 amide bonds. The first kappa shape index (κ1) is 15.8. The van der Waals surface area contributed by atoms with Gasteiger partial charge in [0.15, 0.2) is 0 Å². The molecule has 1 aliphatic rings. The van der Waals surface area contributed by atoms with Crippen LogP contribution in [0.25, 0.3) is 0 Å². The normalized spacial score (nSPS) is 19.4. The molecule has 1 saturated heterocycles. The van der Waals surface area contributed by atoms with E-state index in [4.69, 9.17) is 9.47 Å². The molecule has 0 saturated carbocycles. The Labute approximate surface area is 126 Å². The predicted molar refractivity (Wildman–Crippen MR) is 79.9 cm³/mol. The largest absolute Gasteiger partial charge is 0.444 e. The van der Waals surface area contributed by atoms with Crippen LogP contribution in [0.2, 0.25) is 0 Å². The number of piperidine rings is 1. The van der Waals surface area contributed by atoms with Gasteiger partial charge in [0.2, 0.25) is 0 Å². The molecule has 0 radical (unpaired) electrons. The minimum absolute atomic E-state index is 0.0689. The highest BCUT2D eigenvalue weighted by molar-refractivity contribution is 5.68. The third-order valence-corrected chi connectivity index (χ3v) is 3.26. The van der Waals surface area contributed by atoms with Gasteiger partial charge in [0, 0.05) is 18.9 Å². The zero-order chi connectivity index (χ0) is 15.3. The van der Waals surface area contributed by atoms with E-state index in [0.717, 1.165) is 24.9 Å². The number of carbonyl (C=O) groups is 1. The van der Waals surface area contributed by atoms with Gasteiger partial charge in [0.05, 0.1) is 19.3 Å². The van der Waals surface area contributed by atoms with Crippen molar-refractivity contribution in [3.05, 3.63) is 30.1 Å². The van der Waals surface area contributed by atoms with Crippen molar-refractivity contribution in [3.8, 4) is 0 Å². The molecule has 2 rings (SSSR count). The minimum Gasteiger partial charge on any atom is -0.444 e. The zero-order valence-electron chi connectivity index (χ0n) is 13.0. The summed E-state index contributed by atoms with van der Waals surface area (Å²) in [6.45, 7) is 7.53. The maximum atomic E-state index is 12.1. The number of ether oxygens (including phenoxy) is 2. The van der Waals surface area contributed by atoms with E-state index in [1.807, 2.05) is 32.9 Å². The van der Waals surface area contributed by atoms with Crippen LogP contribution in [-0.2, 0) is 16.1 Å². The number of pyridine rings is 1. The van der Waals surface area contributed by atoms with Gasteiger partial charge in [-0.25, -0.2) is 4.79 Å². The summed E-state index contributed by atoms with van der Waals surface area (Å²) >= 11 is 0. The van der Waals surface area contributed by atoms with Crippen molar-refractivity contribution < 1.29 is 14.3 Å². The van der Waals surface area contributed by atoms with Crippen LogP contribution < -0.4 is 0 Å². The van der Waals surface area contributed by atoms with Gasteiger partial charge in [0.25, 0.3) is 0 Å². The number of aromatic nitrogens is 1. The van der Waals surface area contributed by atoms with Crippen molar-refractivity contribution in [2.45, 2.75) is 51.9 Å². The van der Waals surface area contributed by atoms with Gasteiger partial charge < -0.3 is 14.4 Å². The Morgan fingerprint density at radius 1 is 1.38 bits per heavy atom. The van der Waals surface area contributed by atoms with E-state index in [2.05, 4.69) is 4.98 Å². The Hall–Kier alpha value is -1.62. The van der Waals surface area contributed by atoms with Gasteiger partial charge in [0.1, 0.15) is 5.60 Å². The van der Waals surface area contributed by atoms with E-state index in [1.54, 1.807) is 17.3 Å². The van der Waals surface area contributed by atoms with Crippen molar-refractivity contribution in [2.24, 2.45) is 0 Å². The summed E-state index contributed by atoms with van der Waals surface area (Å²) in [5.74, 6) is 0. The van der Waals surface area contributed by atoms with Crippen molar-refractivity contribution in [3.63, 3.8) is 0 Å². The van der Waals surface area contributed by atoms with Gasteiger partial charge in [-0.3, -0.25) is 4.98 Å². The average molecular weight is 292 g/mol. The molecule has 0 unspecified atom stereocenters. The van der Waals surface area contributed by atoms with Crippen molar-refractivity contribution >= 4 is 6.09 Å². The minimum atomic E-state index is -0.456. The van der Waals surface area contributed by atoms with Crippen LogP contribution in [-0.4, -0.2) is 40.8 Å². The molecule has 0 aliphatic carbocycles. The Balaban J connectivity index is 1.82. The number of rotatable bonds is 3. The first-order chi connectivity index (χ1) is 9.94. The Bertz CT molecular complexity index is 456. The molecule has 21 heavy (non-hydrogen) atoms. The van der Waals surface area contributed by atoms with Crippen LogP contribution in [0.4, 0.5) is 4.79 Å². The van der Waals surface area contributed by atoms with E-state index in [-0.39, 0.29) is 12.2 Å². The van der Waals surface area contributed by atoms with Crippen LogP contribution in [0.1, 0.15) is 39.2 Å². The lowest BCUT2D eigenvalue weighted by molar-refractivity contribution is -0.0258. The highest BCUT2D eigenvalue weighted by Crippen LogP contribution is 2.18. The molecule has 5 nitrogen and oxygen atoms in total. The molecule has 0 bridgehead atoms. The first-order valence-electron chi connectivity index (χ1n) is 7.42. The molecule has 2 heterocycles. The summed E-state index contributed by atoms with van der Waals surface area (Å²) in [5.41, 5.74) is 0.640. The second-order valence-electron chi connectivity index (χ2n) is 6.36. The van der Waals surface area contributed by atoms with Crippen molar-refractivity contribution in [2.75, 3.05) is 13.1 Å². The van der Waals surface area contributed by atoms with Crippen LogP contribution in [0.5, 0.6) is 0 Å². The smallest absolute Gasteiger partial charge is 0.410 e. The fraction of sp³-hybridized carbons (Fsp3) is 0.625. The van der Waals surface area contributed by atoms with Gasteiger partial charge in [-0.1, -0.05) is 0 Å². The molecule has 1 aromatic heterocycles. The first-order valence-corrected chi connectivity index (χ1v) is 7.42. The van der Waals surface area contributed by atoms with Gasteiger partial charge >= 0.3 is 6.09 Å². The molecule has 5 heteroatoms. The number of carbonyl (C=O) groups excluding carboxylic acids is 1. The molecule has 1 atom stereocenters. The summed E-state index contributed by atoms with van der Waals surface area (Å²) in [4.78, 5) is 17.8. The fourth-order valence-corrected chi connectivity index (χ4v) is 2.26. The highest BCUT2D eigenvalue weighted by atomic mass is 16.6. The zero-order valence-corrected chi connectivity index (χ0v) is 13.0. The van der Waals surface area contributed by atoms with Crippen molar-refractivity contribution in [1.82, 2.24) is 9.88 Å². The quantitative estimate of drug-likeness (QED) is 0.859. The molecule has 1 aliphatic heterocycles. The Kier molecular flexibility index (Phi) is 5.17. The molecule has 0 spiro atoms. The van der Waals surface area contributed by atoms with Crippen molar-refractivity contribution in [1.29, 1.82) is 0 Å². The molecule has 0 aromatic carbocycles. The van der Waals surface area contributed by atoms with E-state index in [9.17, 15) is 4.79 Å². The second-order valence-corrected chi connectivity index (χ2v) is 6.36. The van der Waals surface area contributed by atoms with Gasteiger partial charge in [-0.05, 0) is 51.3 Å². The number of amides is 1. The summed E-state index contributed by atoms with van der Waals surface area (Å²) in [7, 11) is 0. The van der Waals surface area contributed by atoms with Crippen LogP contribution in [0, 0.1) is 0 Å². The maximum Gasteiger partial charge on any atom is 0.410 e. The molecular formula is C16H24N2O3. The third-order valence-electron chi connectivity index (χ3n) is 3.26. The Morgan fingerprint density at radius 2 is 2.10 bits per heavy atom. The molecule has 0 N–H and O–H groups in total.